The third-order valence-corrected chi connectivity index (χ3v) is 1.66. The number of carboxylic acids is 1. The minimum absolute atomic E-state index is 0. The molecular weight excluding hydrogens is 204 g/mol. The van der Waals surface area contributed by atoms with Gasteiger partial charge in [0.05, 0.1) is 6.42 Å². The first kappa shape index (κ1) is 12.7. The van der Waals surface area contributed by atoms with Crippen LogP contribution in [0.3, 0.4) is 0 Å². The Morgan fingerprint density at radius 1 is 1.07 bits per heavy atom. The van der Waals surface area contributed by atoms with Gasteiger partial charge in [0, 0.05) is 12.0 Å². The minimum Gasteiger partial charge on any atom is -0.481 e. The van der Waals surface area contributed by atoms with Crippen molar-refractivity contribution in [2.75, 3.05) is 0 Å². The van der Waals surface area contributed by atoms with Crippen molar-refractivity contribution >= 4 is 24.2 Å². The van der Waals surface area contributed by atoms with Crippen molar-refractivity contribution in [3.63, 3.8) is 0 Å². The van der Waals surface area contributed by atoms with E-state index in [9.17, 15) is 9.59 Å². The van der Waals surface area contributed by atoms with Crippen LogP contribution in [0.5, 0.6) is 0 Å². The Bertz CT molecular complexity index is 308. The van der Waals surface area contributed by atoms with E-state index in [2.05, 4.69) is 0 Å². The van der Waals surface area contributed by atoms with Crippen molar-refractivity contribution in [1.29, 1.82) is 0 Å². The zero-order chi connectivity index (χ0) is 9.68. The predicted octanol–water partition coefficient (Wildman–Crippen LogP) is 2.16. The van der Waals surface area contributed by atoms with Crippen molar-refractivity contribution in [1.82, 2.24) is 0 Å². The van der Waals surface area contributed by atoms with Crippen LogP contribution in [0.25, 0.3) is 0 Å². The van der Waals surface area contributed by atoms with Crippen LogP contribution in [0.4, 0.5) is 0 Å². The molecule has 0 aliphatic rings. The van der Waals surface area contributed by atoms with Gasteiger partial charge in [0.15, 0.2) is 5.78 Å². The summed E-state index contributed by atoms with van der Waals surface area (Å²) >= 11 is 0. The summed E-state index contributed by atoms with van der Waals surface area (Å²) in [6, 6.07) is 8.70. The Labute approximate surface area is 88.2 Å². The number of hydrogen-bond acceptors (Lipinski definition) is 2. The molecule has 0 atom stereocenters. The summed E-state index contributed by atoms with van der Waals surface area (Å²) in [5.74, 6) is -1.06. The van der Waals surface area contributed by atoms with Gasteiger partial charge in [-0.2, -0.15) is 0 Å². The lowest BCUT2D eigenvalue weighted by Crippen LogP contribution is -2.03. The summed E-state index contributed by atoms with van der Waals surface area (Å²) in [4.78, 5) is 21.5. The van der Waals surface area contributed by atoms with E-state index in [1.54, 1.807) is 24.3 Å². The molecule has 0 saturated carbocycles. The number of hydrogen-bond donors (Lipinski definition) is 1. The van der Waals surface area contributed by atoms with Gasteiger partial charge in [-0.15, -0.1) is 12.4 Å². The van der Waals surface area contributed by atoms with E-state index in [1.807, 2.05) is 6.07 Å². The first-order chi connectivity index (χ1) is 6.20. The van der Waals surface area contributed by atoms with E-state index in [0.29, 0.717) is 5.56 Å². The molecule has 1 N–H and O–H groups in total. The second-order valence-electron chi connectivity index (χ2n) is 2.68. The zero-order valence-electron chi connectivity index (χ0n) is 7.47. The SMILES string of the molecule is Cl.O=C(O)CCC(=O)c1ccccc1. The molecule has 0 amide bonds. The molecule has 0 fully saturated rings. The van der Waals surface area contributed by atoms with Crippen LogP contribution in [0, 0.1) is 0 Å². The van der Waals surface area contributed by atoms with E-state index in [-0.39, 0.29) is 31.0 Å². The number of carboxylic acid groups (broad SMARTS) is 1. The summed E-state index contributed by atoms with van der Waals surface area (Å²) in [5, 5.41) is 8.36. The molecule has 3 nitrogen and oxygen atoms in total. The second-order valence-corrected chi connectivity index (χ2v) is 2.68. The lowest BCUT2D eigenvalue weighted by molar-refractivity contribution is -0.136. The molecule has 1 aromatic carbocycles. The number of ketones is 1. The van der Waals surface area contributed by atoms with Crippen LogP contribution in [0.2, 0.25) is 0 Å². The Morgan fingerprint density at radius 3 is 2.14 bits per heavy atom. The molecule has 0 spiro atoms. The molecule has 0 aliphatic heterocycles. The van der Waals surface area contributed by atoms with Crippen molar-refractivity contribution < 1.29 is 14.7 Å². The summed E-state index contributed by atoms with van der Waals surface area (Å²) in [5.41, 5.74) is 0.573. The summed E-state index contributed by atoms with van der Waals surface area (Å²) in [7, 11) is 0. The van der Waals surface area contributed by atoms with E-state index in [1.165, 1.54) is 0 Å². The van der Waals surface area contributed by atoms with Crippen LogP contribution in [-0.4, -0.2) is 16.9 Å². The average Bonchev–Trinajstić information content (AvgIpc) is 2.15. The Balaban J connectivity index is 0.00000169. The molecule has 14 heavy (non-hydrogen) atoms. The van der Waals surface area contributed by atoms with E-state index in [0.717, 1.165) is 0 Å². The molecule has 0 aromatic heterocycles. The van der Waals surface area contributed by atoms with Gasteiger partial charge < -0.3 is 5.11 Å². The number of halogens is 1. The van der Waals surface area contributed by atoms with Gasteiger partial charge in [0.25, 0.3) is 0 Å². The van der Waals surface area contributed by atoms with E-state index < -0.39 is 5.97 Å². The van der Waals surface area contributed by atoms with Crippen LogP contribution in [0.1, 0.15) is 23.2 Å². The molecule has 0 aliphatic carbocycles. The molecular formula is C10H11ClO3. The first-order valence-electron chi connectivity index (χ1n) is 4.00. The fraction of sp³-hybridized carbons (Fsp3) is 0.200. The number of Topliss-reactive ketones (excluding diaryl/α,β-unsaturated/α-hetero) is 1. The lowest BCUT2D eigenvalue weighted by Gasteiger charge is -1.97. The van der Waals surface area contributed by atoms with Gasteiger partial charge >= 0.3 is 5.97 Å². The molecule has 0 unspecified atom stereocenters. The summed E-state index contributed by atoms with van der Waals surface area (Å²) in [6.07, 6.45) is -0.0346. The smallest absolute Gasteiger partial charge is 0.303 e. The van der Waals surface area contributed by atoms with Gasteiger partial charge in [-0.3, -0.25) is 9.59 Å². The highest BCUT2D eigenvalue weighted by Crippen LogP contribution is 2.04. The molecule has 0 heterocycles. The fourth-order valence-corrected chi connectivity index (χ4v) is 0.989. The topological polar surface area (TPSA) is 54.4 Å². The third-order valence-electron chi connectivity index (χ3n) is 1.66. The summed E-state index contributed by atoms with van der Waals surface area (Å²) in [6.45, 7) is 0. The third kappa shape index (κ3) is 4.05. The van der Waals surface area contributed by atoms with E-state index in [4.69, 9.17) is 5.11 Å². The van der Waals surface area contributed by atoms with Gasteiger partial charge in [-0.1, -0.05) is 30.3 Å². The van der Waals surface area contributed by atoms with Crippen molar-refractivity contribution in [3.05, 3.63) is 35.9 Å². The molecule has 4 heteroatoms. The molecule has 76 valence electrons. The highest BCUT2D eigenvalue weighted by Gasteiger charge is 2.06. The van der Waals surface area contributed by atoms with Gasteiger partial charge in [-0.05, 0) is 0 Å². The second kappa shape index (κ2) is 6.16. The Hall–Kier alpha value is -1.35. The van der Waals surface area contributed by atoms with Crippen molar-refractivity contribution in [3.8, 4) is 0 Å². The maximum absolute atomic E-state index is 11.3. The molecule has 1 aromatic rings. The normalized spacial score (nSPS) is 8.86. The molecule has 0 saturated heterocycles. The standard InChI is InChI=1S/C10H10O3.ClH/c11-9(6-7-10(12)13)8-4-2-1-3-5-8;/h1-5H,6-7H2,(H,12,13);1H. The van der Waals surface area contributed by atoms with Crippen LogP contribution >= 0.6 is 12.4 Å². The van der Waals surface area contributed by atoms with Crippen LogP contribution in [-0.2, 0) is 4.79 Å². The first-order valence-corrected chi connectivity index (χ1v) is 4.00. The number of benzene rings is 1. The van der Waals surface area contributed by atoms with Gasteiger partial charge in [0.1, 0.15) is 0 Å². The highest BCUT2D eigenvalue weighted by molar-refractivity contribution is 5.97. The number of aliphatic carboxylic acids is 1. The fourth-order valence-electron chi connectivity index (χ4n) is 0.989. The molecule has 0 bridgehead atoms. The highest BCUT2D eigenvalue weighted by atomic mass is 35.5. The Morgan fingerprint density at radius 2 is 1.64 bits per heavy atom. The molecule has 1 rings (SSSR count). The number of carbonyl (C=O) groups excluding carboxylic acids is 1. The van der Waals surface area contributed by atoms with Crippen LogP contribution < -0.4 is 0 Å². The summed E-state index contributed by atoms with van der Waals surface area (Å²) < 4.78 is 0. The quantitative estimate of drug-likeness (QED) is 0.782. The van der Waals surface area contributed by atoms with Crippen molar-refractivity contribution in [2.24, 2.45) is 0 Å². The average molecular weight is 215 g/mol. The van der Waals surface area contributed by atoms with Gasteiger partial charge in [-0.25, -0.2) is 0 Å². The van der Waals surface area contributed by atoms with E-state index >= 15 is 0 Å². The van der Waals surface area contributed by atoms with Gasteiger partial charge in [0.2, 0.25) is 0 Å². The zero-order valence-corrected chi connectivity index (χ0v) is 8.29. The maximum Gasteiger partial charge on any atom is 0.303 e. The monoisotopic (exact) mass is 214 g/mol. The minimum atomic E-state index is -0.940. The number of carbonyl (C=O) groups is 2. The van der Waals surface area contributed by atoms with Crippen LogP contribution in [0.15, 0.2) is 30.3 Å². The molecule has 0 radical (unpaired) electrons. The largest absolute Gasteiger partial charge is 0.481 e. The predicted molar refractivity (Wildman–Crippen MR) is 54.9 cm³/mol. The Kier molecular flexibility index (Phi) is 5.56. The maximum atomic E-state index is 11.3. The van der Waals surface area contributed by atoms with Crippen molar-refractivity contribution in [2.45, 2.75) is 12.8 Å². The lowest BCUT2D eigenvalue weighted by atomic mass is 10.1. The number of rotatable bonds is 4.